The molecule has 1 saturated heterocycles. The lowest BCUT2D eigenvalue weighted by atomic mass is 9.90. The predicted molar refractivity (Wildman–Crippen MR) is 84.0 cm³/mol. The Hall–Kier alpha value is -2.06. The Kier molecular flexibility index (Phi) is 4.27. The van der Waals surface area contributed by atoms with Gasteiger partial charge in [0, 0.05) is 19.0 Å². The number of primary sulfonamides is 1. The summed E-state index contributed by atoms with van der Waals surface area (Å²) < 4.78 is 36.4. The molecule has 3 rings (SSSR count). The molecule has 2 aromatic rings. The number of anilines is 1. The van der Waals surface area contributed by atoms with Crippen LogP contribution in [0.25, 0.3) is 0 Å². The van der Waals surface area contributed by atoms with E-state index in [0.29, 0.717) is 18.1 Å². The zero-order valence-electron chi connectivity index (χ0n) is 12.4. The first-order valence-electron chi connectivity index (χ1n) is 7.29. The van der Waals surface area contributed by atoms with Crippen molar-refractivity contribution in [3.8, 4) is 0 Å². The first kappa shape index (κ1) is 15.8. The number of benzene rings is 1. The number of sulfonamides is 1. The standard InChI is InChI=1S/C15H17FN4O2S/c16-14-6-2-1-5-13(14)11-4-3-7-20(10-11)15-18-8-12(9-19-15)23(17,21)22/h1-2,5-6,8-9,11H,3-4,7,10H2,(H2,17,21,22). The highest BCUT2D eigenvalue weighted by molar-refractivity contribution is 7.89. The normalized spacial score (nSPS) is 18.9. The summed E-state index contributed by atoms with van der Waals surface area (Å²) in [5, 5.41) is 5.04. The van der Waals surface area contributed by atoms with Crippen LogP contribution < -0.4 is 10.0 Å². The maximum atomic E-state index is 14.0. The maximum Gasteiger partial charge on any atom is 0.241 e. The zero-order valence-corrected chi connectivity index (χ0v) is 13.2. The molecular formula is C15H17FN4O2S. The van der Waals surface area contributed by atoms with Crippen LogP contribution in [-0.4, -0.2) is 31.5 Å². The molecule has 0 amide bonds. The van der Waals surface area contributed by atoms with Crippen molar-refractivity contribution in [1.29, 1.82) is 0 Å². The van der Waals surface area contributed by atoms with Crippen molar-refractivity contribution in [3.63, 3.8) is 0 Å². The van der Waals surface area contributed by atoms with E-state index in [1.807, 2.05) is 11.0 Å². The zero-order chi connectivity index (χ0) is 16.4. The third-order valence-electron chi connectivity index (χ3n) is 3.99. The summed E-state index contributed by atoms with van der Waals surface area (Å²) in [6.45, 7) is 1.34. The van der Waals surface area contributed by atoms with Gasteiger partial charge in [-0.2, -0.15) is 0 Å². The minimum atomic E-state index is -3.80. The van der Waals surface area contributed by atoms with Gasteiger partial charge in [0.25, 0.3) is 0 Å². The van der Waals surface area contributed by atoms with E-state index < -0.39 is 10.0 Å². The molecular weight excluding hydrogens is 319 g/mol. The van der Waals surface area contributed by atoms with Crippen molar-refractivity contribution in [2.75, 3.05) is 18.0 Å². The molecule has 1 aliphatic rings. The summed E-state index contributed by atoms with van der Waals surface area (Å²) in [6, 6.07) is 6.77. The second-order valence-electron chi connectivity index (χ2n) is 5.57. The molecule has 2 N–H and O–H groups in total. The Labute approximate surface area is 134 Å². The van der Waals surface area contributed by atoms with E-state index in [1.165, 1.54) is 18.5 Å². The highest BCUT2D eigenvalue weighted by Gasteiger charge is 2.25. The molecule has 1 fully saturated rings. The number of hydrogen-bond acceptors (Lipinski definition) is 5. The van der Waals surface area contributed by atoms with Crippen molar-refractivity contribution in [2.24, 2.45) is 5.14 Å². The topological polar surface area (TPSA) is 89.2 Å². The number of nitrogens with two attached hydrogens (primary N) is 1. The van der Waals surface area contributed by atoms with Crippen molar-refractivity contribution in [3.05, 3.63) is 48.0 Å². The third kappa shape index (κ3) is 3.48. The molecule has 1 aromatic heterocycles. The van der Waals surface area contributed by atoms with Gasteiger partial charge in [0.1, 0.15) is 10.7 Å². The van der Waals surface area contributed by atoms with Gasteiger partial charge in [0.05, 0.1) is 12.4 Å². The van der Waals surface area contributed by atoms with Crippen LogP contribution in [0.1, 0.15) is 24.3 Å². The Morgan fingerprint density at radius 2 is 1.91 bits per heavy atom. The quantitative estimate of drug-likeness (QED) is 0.920. The van der Waals surface area contributed by atoms with Gasteiger partial charge in [-0.3, -0.25) is 0 Å². The number of rotatable bonds is 3. The lowest BCUT2D eigenvalue weighted by Crippen LogP contribution is -2.35. The van der Waals surface area contributed by atoms with Gasteiger partial charge in [-0.15, -0.1) is 0 Å². The Morgan fingerprint density at radius 1 is 1.22 bits per heavy atom. The molecule has 0 saturated carbocycles. The smallest absolute Gasteiger partial charge is 0.241 e. The molecule has 6 nitrogen and oxygen atoms in total. The van der Waals surface area contributed by atoms with Crippen molar-refractivity contribution in [1.82, 2.24) is 9.97 Å². The molecule has 1 atom stereocenters. The summed E-state index contributed by atoms with van der Waals surface area (Å²) in [7, 11) is -3.80. The molecule has 0 spiro atoms. The van der Waals surface area contributed by atoms with Gasteiger partial charge in [-0.25, -0.2) is 27.9 Å². The van der Waals surface area contributed by atoms with E-state index in [-0.39, 0.29) is 16.6 Å². The first-order chi connectivity index (χ1) is 10.9. The Bertz CT molecular complexity index is 795. The number of aromatic nitrogens is 2. The van der Waals surface area contributed by atoms with Gasteiger partial charge >= 0.3 is 0 Å². The molecule has 2 heterocycles. The van der Waals surface area contributed by atoms with E-state index in [0.717, 1.165) is 19.4 Å². The van der Waals surface area contributed by atoms with Crippen LogP contribution in [0, 0.1) is 5.82 Å². The molecule has 1 aliphatic heterocycles. The number of halogens is 1. The van der Waals surface area contributed by atoms with Crippen LogP contribution in [0.2, 0.25) is 0 Å². The Balaban J connectivity index is 1.80. The monoisotopic (exact) mass is 336 g/mol. The number of nitrogens with zero attached hydrogens (tertiary/aromatic N) is 3. The molecule has 1 aromatic carbocycles. The van der Waals surface area contributed by atoms with E-state index >= 15 is 0 Å². The minimum absolute atomic E-state index is 0.0615. The molecule has 0 radical (unpaired) electrons. The average molecular weight is 336 g/mol. The summed E-state index contributed by atoms with van der Waals surface area (Å²) in [6.07, 6.45) is 4.18. The van der Waals surface area contributed by atoms with Gasteiger partial charge in [-0.1, -0.05) is 18.2 Å². The number of hydrogen-bond donors (Lipinski definition) is 1. The fraction of sp³-hybridized carbons (Fsp3) is 0.333. The minimum Gasteiger partial charge on any atom is -0.340 e. The van der Waals surface area contributed by atoms with Crippen molar-refractivity contribution >= 4 is 16.0 Å². The van der Waals surface area contributed by atoms with E-state index in [9.17, 15) is 12.8 Å². The lowest BCUT2D eigenvalue weighted by Gasteiger charge is -2.33. The van der Waals surface area contributed by atoms with Crippen LogP contribution in [0.15, 0.2) is 41.6 Å². The van der Waals surface area contributed by atoms with Crippen LogP contribution in [0.5, 0.6) is 0 Å². The highest BCUT2D eigenvalue weighted by atomic mass is 32.2. The summed E-state index contributed by atoms with van der Waals surface area (Å²) in [4.78, 5) is 9.98. The van der Waals surface area contributed by atoms with Crippen molar-refractivity contribution in [2.45, 2.75) is 23.7 Å². The van der Waals surface area contributed by atoms with Crippen LogP contribution in [0.3, 0.4) is 0 Å². The lowest BCUT2D eigenvalue weighted by molar-refractivity contribution is 0.481. The van der Waals surface area contributed by atoms with Crippen LogP contribution in [-0.2, 0) is 10.0 Å². The van der Waals surface area contributed by atoms with E-state index in [2.05, 4.69) is 9.97 Å². The SMILES string of the molecule is NS(=O)(=O)c1cnc(N2CCCC(c3ccccc3F)C2)nc1. The molecule has 1 unspecified atom stereocenters. The number of piperidine rings is 1. The molecule has 0 aliphatic carbocycles. The summed E-state index contributed by atoms with van der Waals surface area (Å²) in [5.41, 5.74) is 0.693. The summed E-state index contributed by atoms with van der Waals surface area (Å²) in [5.74, 6) is 0.287. The fourth-order valence-electron chi connectivity index (χ4n) is 2.84. The first-order valence-corrected chi connectivity index (χ1v) is 8.84. The molecule has 122 valence electrons. The third-order valence-corrected chi connectivity index (χ3v) is 4.86. The van der Waals surface area contributed by atoms with Gasteiger partial charge in [-0.05, 0) is 24.5 Å². The summed E-state index contributed by atoms with van der Waals surface area (Å²) >= 11 is 0. The van der Waals surface area contributed by atoms with Crippen molar-refractivity contribution < 1.29 is 12.8 Å². The maximum absolute atomic E-state index is 14.0. The predicted octanol–water partition coefficient (Wildman–Crippen LogP) is 1.65. The molecule has 8 heteroatoms. The second-order valence-corrected chi connectivity index (χ2v) is 7.13. The molecule has 0 bridgehead atoms. The Morgan fingerprint density at radius 3 is 2.57 bits per heavy atom. The largest absolute Gasteiger partial charge is 0.340 e. The van der Waals surface area contributed by atoms with Crippen LogP contribution >= 0.6 is 0 Å². The van der Waals surface area contributed by atoms with Crippen LogP contribution in [0.4, 0.5) is 10.3 Å². The average Bonchev–Trinajstić information content (AvgIpc) is 2.55. The van der Waals surface area contributed by atoms with Gasteiger partial charge < -0.3 is 4.90 Å². The fourth-order valence-corrected chi connectivity index (χ4v) is 3.24. The van der Waals surface area contributed by atoms with E-state index in [4.69, 9.17) is 5.14 Å². The second kappa shape index (κ2) is 6.21. The van der Waals surface area contributed by atoms with E-state index in [1.54, 1.807) is 12.1 Å². The van der Waals surface area contributed by atoms with Gasteiger partial charge in [0.15, 0.2) is 0 Å². The van der Waals surface area contributed by atoms with Gasteiger partial charge in [0.2, 0.25) is 16.0 Å². The molecule has 23 heavy (non-hydrogen) atoms. The highest BCUT2D eigenvalue weighted by Crippen LogP contribution is 2.30.